The Labute approximate surface area is 64.4 Å². The zero-order chi connectivity index (χ0) is 7.56. The van der Waals surface area contributed by atoms with Crippen LogP contribution in [-0.2, 0) is 0 Å². The highest BCUT2D eigenvalue weighted by Crippen LogP contribution is 2.33. The van der Waals surface area contributed by atoms with Crippen LogP contribution in [0.4, 0.5) is 0 Å². The normalized spacial score (nSPS) is 32.4. The predicted molar refractivity (Wildman–Crippen MR) is 45.1 cm³/mol. The second kappa shape index (κ2) is 3.38. The van der Waals surface area contributed by atoms with Crippen molar-refractivity contribution in [2.75, 3.05) is 20.1 Å². The molecule has 0 heterocycles. The van der Waals surface area contributed by atoms with Crippen molar-refractivity contribution in [2.24, 2.45) is 11.8 Å². The topological polar surface area (TPSA) is 3.24 Å². The van der Waals surface area contributed by atoms with E-state index < -0.39 is 0 Å². The van der Waals surface area contributed by atoms with Crippen molar-refractivity contribution in [3.05, 3.63) is 0 Å². The molecule has 0 unspecified atom stereocenters. The quantitative estimate of drug-likeness (QED) is 0.581. The van der Waals surface area contributed by atoms with Gasteiger partial charge in [-0.2, -0.15) is 0 Å². The van der Waals surface area contributed by atoms with Gasteiger partial charge in [-0.25, -0.2) is 0 Å². The molecule has 0 aliphatic heterocycles. The maximum Gasteiger partial charge on any atom is 0.000669 e. The molecule has 0 aromatic heterocycles. The van der Waals surface area contributed by atoms with Gasteiger partial charge in [0.2, 0.25) is 0 Å². The van der Waals surface area contributed by atoms with E-state index in [-0.39, 0.29) is 0 Å². The zero-order valence-electron chi connectivity index (χ0n) is 7.43. The summed E-state index contributed by atoms with van der Waals surface area (Å²) in [6.07, 6.45) is 2.93. The molecule has 10 heavy (non-hydrogen) atoms. The van der Waals surface area contributed by atoms with Gasteiger partial charge in [-0.3, -0.25) is 0 Å². The Morgan fingerprint density at radius 3 is 2.40 bits per heavy atom. The van der Waals surface area contributed by atoms with Gasteiger partial charge < -0.3 is 4.90 Å². The lowest BCUT2D eigenvalue weighted by molar-refractivity contribution is 0.154. The Balaban J connectivity index is 2.04. The van der Waals surface area contributed by atoms with E-state index in [0.29, 0.717) is 0 Å². The molecule has 1 aliphatic carbocycles. The molecule has 0 N–H and O–H groups in total. The van der Waals surface area contributed by atoms with Gasteiger partial charge in [0.25, 0.3) is 0 Å². The van der Waals surface area contributed by atoms with Crippen LogP contribution in [0.25, 0.3) is 0 Å². The largest absolute Gasteiger partial charge is 0.306 e. The third-order valence-electron chi connectivity index (χ3n) is 2.58. The first-order chi connectivity index (χ1) is 4.72. The van der Waals surface area contributed by atoms with Crippen LogP contribution in [0.5, 0.6) is 0 Å². The highest BCUT2D eigenvalue weighted by atomic mass is 15.1. The first kappa shape index (κ1) is 8.06. The van der Waals surface area contributed by atoms with Crippen molar-refractivity contribution in [3.63, 3.8) is 0 Å². The molecule has 0 bridgehead atoms. The van der Waals surface area contributed by atoms with Crippen LogP contribution in [-0.4, -0.2) is 25.0 Å². The predicted octanol–water partition coefficient (Wildman–Crippen LogP) is 1.98. The molecule has 0 spiro atoms. The van der Waals surface area contributed by atoms with Gasteiger partial charge in [0.15, 0.2) is 0 Å². The van der Waals surface area contributed by atoms with E-state index in [9.17, 15) is 0 Å². The molecular weight excluding hydrogens is 122 g/mol. The highest BCUT2D eigenvalue weighted by molar-refractivity contribution is 4.77. The molecule has 0 saturated heterocycles. The van der Waals surface area contributed by atoms with Gasteiger partial charge in [-0.05, 0) is 38.3 Å². The number of rotatable bonds is 3. The van der Waals surface area contributed by atoms with Crippen molar-refractivity contribution in [3.8, 4) is 0 Å². The summed E-state index contributed by atoms with van der Waals surface area (Å²) in [5, 5.41) is 0. The van der Waals surface area contributed by atoms with Crippen LogP contribution in [0.1, 0.15) is 26.7 Å². The molecule has 60 valence electrons. The summed E-state index contributed by atoms with van der Waals surface area (Å²) in [5.41, 5.74) is 0. The van der Waals surface area contributed by atoms with E-state index in [0.717, 1.165) is 11.8 Å². The Bertz CT molecular complexity index is 94.9. The minimum absolute atomic E-state index is 1.01. The Kier molecular flexibility index (Phi) is 2.72. The van der Waals surface area contributed by atoms with Crippen LogP contribution in [0.15, 0.2) is 0 Å². The molecule has 1 fully saturated rings. The van der Waals surface area contributed by atoms with E-state index in [1.54, 1.807) is 0 Å². The number of hydrogen-bond acceptors (Lipinski definition) is 1. The Hall–Kier alpha value is -0.0400. The van der Waals surface area contributed by atoms with Crippen molar-refractivity contribution >= 4 is 0 Å². The second-order valence-corrected chi connectivity index (χ2v) is 3.80. The molecular formula is C9H19N. The molecule has 0 amide bonds. The zero-order valence-corrected chi connectivity index (χ0v) is 7.43. The maximum absolute atomic E-state index is 2.41. The summed E-state index contributed by atoms with van der Waals surface area (Å²) >= 11 is 0. The van der Waals surface area contributed by atoms with E-state index >= 15 is 0 Å². The van der Waals surface area contributed by atoms with Crippen molar-refractivity contribution < 1.29 is 0 Å². The lowest BCUT2D eigenvalue weighted by atomic mass is 9.76. The van der Waals surface area contributed by atoms with Crippen LogP contribution in [0, 0.1) is 11.8 Å². The Morgan fingerprint density at radius 2 is 2.00 bits per heavy atom. The summed E-state index contributed by atoms with van der Waals surface area (Å²) in [4.78, 5) is 2.41. The van der Waals surface area contributed by atoms with Crippen LogP contribution in [0.3, 0.4) is 0 Å². The molecule has 1 heteroatoms. The van der Waals surface area contributed by atoms with Crippen LogP contribution in [0.2, 0.25) is 0 Å². The van der Waals surface area contributed by atoms with E-state index in [1.165, 1.54) is 25.9 Å². The molecule has 0 aromatic carbocycles. The summed E-state index contributed by atoms with van der Waals surface area (Å²) in [6, 6.07) is 0. The highest BCUT2D eigenvalue weighted by Gasteiger charge is 2.25. The SMILES string of the molecule is CCN(C)CC1CC(C)C1. The fourth-order valence-corrected chi connectivity index (χ4v) is 1.79. The molecule has 0 radical (unpaired) electrons. The Morgan fingerprint density at radius 1 is 1.40 bits per heavy atom. The van der Waals surface area contributed by atoms with Gasteiger partial charge in [0.1, 0.15) is 0 Å². The van der Waals surface area contributed by atoms with Gasteiger partial charge >= 0.3 is 0 Å². The summed E-state index contributed by atoms with van der Waals surface area (Å²) in [5.74, 6) is 2.02. The van der Waals surface area contributed by atoms with E-state index in [4.69, 9.17) is 0 Å². The second-order valence-electron chi connectivity index (χ2n) is 3.80. The first-order valence-electron chi connectivity index (χ1n) is 4.41. The van der Waals surface area contributed by atoms with Crippen molar-refractivity contribution in [1.29, 1.82) is 0 Å². The van der Waals surface area contributed by atoms with Gasteiger partial charge in [0.05, 0.1) is 0 Å². The summed E-state index contributed by atoms with van der Waals surface area (Å²) in [6.45, 7) is 7.09. The number of nitrogens with zero attached hydrogens (tertiary/aromatic N) is 1. The minimum Gasteiger partial charge on any atom is -0.306 e. The van der Waals surface area contributed by atoms with Gasteiger partial charge in [-0.1, -0.05) is 13.8 Å². The molecule has 1 rings (SSSR count). The summed E-state index contributed by atoms with van der Waals surface area (Å²) in [7, 11) is 2.21. The first-order valence-corrected chi connectivity index (χ1v) is 4.41. The average Bonchev–Trinajstić information content (AvgIpc) is 1.84. The van der Waals surface area contributed by atoms with Gasteiger partial charge in [-0.15, -0.1) is 0 Å². The van der Waals surface area contributed by atoms with Crippen molar-refractivity contribution in [1.82, 2.24) is 4.90 Å². The summed E-state index contributed by atoms with van der Waals surface area (Å²) < 4.78 is 0. The van der Waals surface area contributed by atoms with Crippen molar-refractivity contribution in [2.45, 2.75) is 26.7 Å². The van der Waals surface area contributed by atoms with E-state index in [1.807, 2.05) is 0 Å². The molecule has 0 atom stereocenters. The van der Waals surface area contributed by atoms with Crippen LogP contribution >= 0.6 is 0 Å². The maximum atomic E-state index is 2.41. The fraction of sp³-hybridized carbons (Fsp3) is 1.00. The molecule has 1 saturated carbocycles. The number of hydrogen-bond donors (Lipinski definition) is 0. The third kappa shape index (κ3) is 1.98. The van der Waals surface area contributed by atoms with Gasteiger partial charge in [0, 0.05) is 6.54 Å². The lowest BCUT2D eigenvalue weighted by Crippen LogP contribution is -2.33. The smallest absolute Gasteiger partial charge is 0.000669 e. The van der Waals surface area contributed by atoms with Crippen LogP contribution < -0.4 is 0 Å². The third-order valence-corrected chi connectivity index (χ3v) is 2.58. The standard InChI is InChI=1S/C9H19N/c1-4-10(3)7-9-5-8(2)6-9/h8-9H,4-7H2,1-3H3. The molecule has 0 aromatic rings. The minimum atomic E-state index is 1.01. The molecule has 1 nitrogen and oxygen atoms in total. The monoisotopic (exact) mass is 141 g/mol. The van der Waals surface area contributed by atoms with E-state index in [2.05, 4.69) is 25.8 Å². The molecule has 1 aliphatic rings. The lowest BCUT2D eigenvalue weighted by Gasteiger charge is -2.35. The average molecular weight is 141 g/mol. The fourth-order valence-electron chi connectivity index (χ4n) is 1.79.